The van der Waals surface area contributed by atoms with Gasteiger partial charge in [-0.3, -0.25) is 4.90 Å². The molecular weight excluding hydrogens is 245 g/mol. The van der Waals surface area contributed by atoms with Gasteiger partial charge < -0.3 is 9.84 Å². The summed E-state index contributed by atoms with van der Waals surface area (Å²) in [4.78, 5) is 2.43. The topological polar surface area (TPSA) is 32.7 Å². The number of hydrogen-bond donors (Lipinski definition) is 1. The van der Waals surface area contributed by atoms with Gasteiger partial charge in [0.15, 0.2) is 0 Å². The number of likely N-dealkylation sites (tertiary alicyclic amines) is 1. The van der Waals surface area contributed by atoms with Crippen molar-refractivity contribution in [3.63, 3.8) is 0 Å². The first-order chi connectivity index (χ1) is 9.29. The highest BCUT2D eigenvalue weighted by Crippen LogP contribution is 2.21. The summed E-state index contributed by atoms with van der Waals surface area (Å²) >= 11 is 0. The van der Waals surface area contributed by atoms with E-state index in [1.165, 1.54) is 25.0 Å². The number of ether oxygens (including phenoxy) is 1. The Bertz CT molecular complexity index is 369. The van der Waals surface area contributed by atoms with E-state index in [1.54, 1.807) is 12.1 Å². The van der Waals surface area contributed by atoms with Crippen LogP contribution in [-0.4, -0.2) is 42.4 Å². The Morgan fingerprint density at radius 1 is 1.32 bits per heavy atom. The van der Waals surface area contributed by atoms with Crippen molar-refractivity contribution >= 4 is 0 Å². The summed E-state index contributed by atoms with van der Waals surface area (Å²) in [5.41, 5.74) is 0. The standard InChI is InChI=1S/C15H22FNO2/c16-13-5-7-15(8-6-13)19-12-10-17-9-1-3-14(17)4-2-11-18/h5-8,14,18H,1-4,9-12H2. The average molecular weight is 267 g/mol. The molecule has 0 saturated carbocycles. The molecule has 0 aliphatic carbocycles. The lowest BCUT2D eigenvalue weighted by Gasteiger charge is -2.24. The van der Waals surface area contributed by atoms with Gasteiger partial charge in [0.1, 0.15) is 18.2 Å². The van der Waals surface area contributed by atoms with Gasteiger partial charge in [-0.05, 0) is 56.5 Å². The zero-order chi connectivity index (χ0) is 13.5. The van der Waals surface area contributed by atoms with Gasteiger partial charge in [0, 0.05) is 19.2 Å². The molecule has 0 radical (unpaired) electrons. The molecule has 1 heterocycles. The Hall–Kier alpha value is -1.13. The van der Waals surface area contributed by atoms with Crippen molar-refractivity contribution in [1.29, 1.82) is 0 Å². The molecule has 1 unspecified atom stereocenters. The fourth-order valence-corrected chi connectivity index (χ4v) is 2.65. The maximum absolute atomic E-state index is 12.7. The highest BCUT2D eigenvalue weighted by Gasteiger charge is 2.23. The molecule has 19 heavy (non-hydrogen) atoms. The highest BCUT2D eigenvalue weighted by molar-refractivity contribution is 5.21. The second-order valence-electron chi connectivity index (χ2n) is 5.00. The van der Waals surface area contributed by atoms with Gasteiger partial charge in [0.05, 0.1) is 0 Å². The molecule has 1 atom stereocenters. The lowest BCUT2D eigenvalue weighted by molar-refractivity contribution is 0.180. The van der Waals surface area contributed by atoms with Crippen LogP contribution in [0.3, 0.4) is 0 Å². The number of aliphatic hydroxyl groups excluding tert-OH is 1. The summed E-state index contributed by atoms with van der Waals surface area (Å²) in [6.45, 7) is 2.91. The minimum Gasteiger partial charge on any atom is -0.492 e. The summed E-state index contributed by atoms with van der Waals surface area (Å²) in [5.74, 6) is 0.475. The van der Waals surface area contributed by atoms with Gasteiger partial charge in [0.25, 0.3) is 0 Å². The molecule has 1 saturated heterocycles. The molecule has 1 aliphatic heterocycles. The van der Waals surface area contributed by atoms with E-state index in [9.17, 15) is 4.39 Å². The summed E-state index contributed by atoms with van der Waals surface area (Å²) < 4.78 is 18.4. The first-order valence-corrected chi connectivity index (χ1v) is 7.03. The average Bonchev–Trinajstić information content (AvgIpc) is 2.86. The molecule has 1 fully saturated rings. The van der Waals surface area contributed by atoms with Gasteiger partial charge >= 0.3 is 0 Å². The van der Waals surface area contributed by atoms with E-state index in [0.717, 1.165) is 25.9 Å². The van der Waals surface area contributed by atoms with Crippen LogP contribution in [0, 0.1) is 5.82 Å². The van der Waals surface area contributed by atoms with Crippen molar-refractivity contribution in [1.82, 2.24) is 4.90 Å². The third kappa shape index (κ3) is 4.48. The third-order valence-electron chi connectivity index (χ3n) is 3.66. The van der Waals surface area contributed by atoms with Crippen LogP contribution < -0.4 is 4.74 Å². The van der Waals surface area contributed by atoms with E-state index in [4.69, 9.17) is 9.84 Å². The first kappa shape index (κ1) is 14.3. The number of rotatable bonds is 7. The summed E-state index contributed by atoms with van der Waals surface area (Å²) in [6.07, 6.45) is 4.39. The van der Waals surface area contributed by atoms with E-state index in [1.807, 2.05) is 0 Å². The van der Waals surface area contributed by atoms with Gasteiger partial charge in [-0.25, -0.2) is 4.39 Å². The molecule has 106 valence electrons. The molecule has 1 N–H and O–H groups in total. The van der Waals surface area contributed by atoms with Crippen LogP contribution in [0.4, 0.5) is 4.39 Å². The number of benzene rings is 1. The lowest BCUT2D eigenvalue weighted by atomic mass is 10.1. The minimum absolute atomic E-state index is 0.240. The van der Waals surface area contributed by atoms with E-state index >= 15 is 0 Å². The van der Waals surface area contributed by atoms with E-state index in [-0.39, 0.29) is 12.4 Å². The molecule has 0 spiro atoms. The SMILES string of the molecule is OCCCC1CCCN1CCOc1ccc(F)cc1. The molecule has 4 heteroatoms. The van der Waals surface area contributed by atoms with Crippen molar-refractivity contribution in [2.45, 2.75) is 31.7 Å². The van der Waals surface area contributed by atoms with E-state index < -0.39 is 0 Å². The summed E-state index contributed by atoms with van der Waals surface area (Å²) in [7, 11) is 0. The summed E-state index contributed by atoms with van der Waals surface area (Å²) in [5, 5.41) is 8.89. The van der Waals surface area contributed by atoms with Crippen LogP contribution in [0.15, 0.2) is 24.3 Å². The molecule has 1 aromatic rings. The minimum atomic E-state index is -0.240. The molecule has 3 nitrogen and oxygen atoms in total. The Kier molecular flexibility index (Phi) is 5.61. The zero-order valence-electron chi connectivity index (χ0n) is 11.2. The normalized spacial score (nSPS) is 19.8. The number of hydrogen-bond acceptors (Lipinski definition) is 3. The van der Waals surface area contributed by atoms with Crippen molar-refractivity contribution in [3.05, 3.63) is 30.1 Å². The van der Waals surface area contributed by atoms with Crippen LogP contribution in [0.25, 0.3) is 0 Å². The Labute approximate surface area is 114 Å². The number of nitrogens with zero attached hydrogens (tertiary/aromatic N) is 1. The molecular formula is C15H22FNO2. The molecule has 0 bridgehead atoms. The van der Waals surface area contributed by atoms with Crippen LogP contribution in [0.2, 0.25) is 0 Å². The van der Waals surface area contributed by atoms with Gasteiger partial charge in [-0.15, -0.1) is 0 Å². The maximum Gasteiger partial charge on any atom is 0.123 e. The molecule has 0 amide bonds. The first-order valence-electron chi connectivity index (χ1n) is 7.03. The van der Waals surface area contributed by atoms with E-state index in [2.05, 4.69) is 4.90 Å². The quantitative estimate of drug-likeness (QED) is 0.823. The Balaban J connectivity index is 1.71. The van der Waals surface area contributed by atoms with Crippen molar-refractivity contribution in [3.8, 4) is 5.75 Å². The molecule has 0 aromatic heterocycles. The van der Waals surface area contributed by atoms with Crippen LogP contribution in [0.1, 0.15) is 25.7 Å². The molecule has 1 aliphatic rings. The highest BCUT2D eigenvalue weighted by atomic mass is 19.1. The fraction of sp³-hybridized carbons (Fsp3) is 0.600. The van der Waals surface area contributed by atoms with Gasteiger partial charge in [0.2, 0.25) is 0 Å². The van der Waals surface area contributed by atoms with Crippen LogP contribution >= 0.6 is 0 Å². The third-order valence-corrected chi connectivity index (χ3v) is 3.66. The van der Waals surface area contributed by atoms with Crippen molar-refractivity contribution in [2.24, 2.45) is 0 Å². The van der Waals surface area contributed by atoms with Crippen LogP contribution in [-0.2, 0) is 0 Å². The second kappa shape index (κ2) is 7.46. The molecule has 1 aromatic carbocycles. The fourth-order valence-electron chi connectivity index (χ4n) is 2.65. The van der Waals surface area contributed by atoms with E-state index in [0.29, 0.717) is 18.4 Å². The second-order valence-corrected chi connectivity index (χ2v) is 5.00. The predicted octanol–water partition coefficient (Wildman–Crippen LogP) is 2.44. The molecule has 2 rings (SSSR count). The Morgan fingerprint density at radius 3 is 2.84 bits per heavy atom. The van der Waals surface area contributed by atoms with Gasteiger partial charge in [-0.1, -0.05) is 0 Å². The van der Waals surface area contributed by atoms with Crippen molar-refractivity contribution in [2.75, 3.05) is 26.3 Å². The van der Waals surface area contributed by atoms with Crippen molar-refractivity contribution < 1.29 is 14.2 Å². The number of halogens is 1. The van der Waals surface area contributed by atoms with Crippen LogP contribution in [0.5, 0.6) is 5.75 Å². The lowest BCUT2D eigenvalue weighted by Crippen LogP contribution is -2.33. The maximum atomic E-state index is 12.7. The largest absolute Gasteiger partial charge is 0.492 e. The van der Waals surface area contributed by atoms with Gasteiger partial charge in [-0.2, -0.15) is 0 Å². The monoisotopic (exact) mass is 267 g/mol. The number of aliphatic hydroxyl groups is 1. The Morgan fingerprint density at radius 2 is 2.11 bits per heavy atom. The smallest absolute Gasteiger partial charge is 0.123 e. The predicted molar refractivity (Wildman–Crippen MR) is 72.8 cm³/mol. The zero-order valence-corrected chi connectivity index (χ0v) is 11.2. The summed E-state index contributed by atoms with van der Waals surface area (Å²) in [6, 6.07) is 6.72.